The molecule has 0 radical (unpaired) electrons. The number of nitrogens with one attached hydrogen (secondary N) is 2. The smallest absolute Gasteiger partial charge is 0.293 e. The molecule has 128 valence electrons. The predicted molar refractivity (Wildman–Crippen MR) is 90.2 cm³/mol. The molecule has 1 aromatic carbocycles. The Hall–Kier alpha value is -2.41. The fourth-order valence-electron chi connectivity index (χ4n) is 2.62. The van der Waals surface area contributed by atoms with E-state index in [1.165, 1.54) is 11.6 Å². The molecule has 1 aliphatic heterocycles. The highest BCUT2D eigenvalue weighted by Crippen LogP contribution is 2.27. The van der Waals surface area contributed by atoms with Gasteiger partial charge in [-0.05, 0) is 37.8 Å². The van der Waals surface area contributed by atoms with Gasteiger partial charge in [0.1, 0.15) is 5.69 Å². The van der Waals surface area contributed by atoms with Crippen molar-refractivity contribution in [2.24, 2.45) is 0 Å². The largest absolute Gasteiger partial charge is 0.379 e. The number of ether oxygens (including phenoxy) is 1. The number of carbonyl (C=O) groups excluding carboxylic acids is 1. The van der Waals surface area contributed by atoms with Gasteiger partial charge < -0.3 is 15.4 Å². The van der Waals surface area contributed by atoms with Gasteiger partial charge in [-0.15, -0.1) is 0 Å². The number of hydrogen-bond acceptors (Lipinski definition) is 5. The lowest BCUT2D eigenvalue weighted by molar-refractivity contribution is -0.384. The van der Waals surface area contributed by atoms with E-state index in [1.54, 1.807) is 12.1 Å². The van der Waals surface area contributed by atoms with E-state index in [4.69, 9.17) is 4.74 Å². The third-order valence-corrected chi connectivity index (χ3v) is 4.19. The van der Waals surface area contributed by atoms with E-state index in [0.717, 1.165) is 32.3 Å². The number of nitro benzene ring substituents is 1. The van der Waals surface area contributed by atoms with E-state index in [2.05, 4.69) is 16.7 Å². The number of anilines is 1. The first-order valence-electron chi connectivity index (χ1n) is 8.22. The summed E-state index contributed by atoms with van der Waals surface area (Å²) in [6, 6.07) is 4.80. The van der Waals surface area contributed by atoms with Gasteiger partial charge in [-0.25, -0.2) is 0 Å². The molecule has 24 heavy (non-hydrogen) atoms. The summed E-state index contributed by atoms with van der Waals surface area (Å²) in [5.74, 6) is -0.250. The van der Waals surface area contributed by atoms with Crippen LogP contribution in [0.1, 0.15) is 36.0 Å². The monoisotopic (exact) mass is 331 g/mol. The van der Waals surface area contributed by atoms with Gasteiger partial charge in [0.2, 0.25) is 0 Å². The second kappa shape index (κ2) is 7.44. The Bertz CT molecular complexity index is 668. The molecule has 1 fully saturated rings. The maximum absolute atomic E-state index is 12.0. The fraction of sp³-hybridized carbons (Fsp3) is 0.471. The normalized spacial score (nSPS) is 17.1. The number of carbonyl (C=O) groups is 1. The number of rotatable bonds is 7. The Morgan fingerprint density at radius 2 is 2.21 bits per heavy atom. The standard InChI is InChI=1S/C17H21N3O4/c21-17(19-14-2-3-14)13-1-4-15(16(11-13)20(22)23)18-8-5-12-6-9-24-10-7-12/h1,4,6,11,14,18H,2-3,5,7-10H2,(H,19,21). The second-order valence-corrected chi connectivity index (χ2v) is 6.10. The topological polar surface area (TPSA) is 93.5 Å². The van der Waals surface area contributed by atoms with E-state index >= 15 is 0 Å². The molecule has 0 unspecified atom stereocenters. The molecule has 0 spiro atoms. The van der Waals surface area contributed by atoms with Gasteiger partial charge in [-0.2, -0.15) is 0 Å². The summed E-state index contributed by atoms with van der Waals surface area (Å²) in [5, 5.41) is 17.2. The lowest BCUT2D eigenvalue weighted by Gasteiger charge is -2.14. The van der Waals surface area contributed by atoms with Crippen LogP contribution in [0.3, 0.4) is 0 Å². The predicted octanol–water partition coefficient (Wildman–Crippen LogP) is 2.64. The molecule has 1 aromatic rings. The lowest BCUT2D eigenvalue weighted by atomic mass is 10.1. The molecule has 1 saturated carbocycles. The van der Waals surface area contributed by atoms with Crippen molar-refractivity contribution in [3.8, 4) is 0 Å². The average molecular weight is 331 g/mol. The molecule has 2 aliphatic rings. The van der Waals surface area contributed by atoms with E-state index in [1.807, 2.05) is 0 Å². The molecular weight excluding hydrogens is 310 g/mol. The van der Waals surface area contributed by atoms with Crippen molar-refractivity contribution in [2.45, 2.75) is 31.7 Å². The van der Waals surface area contributed by atoms with Crippen LogP contribution in [0.2, 0.25) is 0 Å². The van der Waals surface area contributed by atoms with Crippen molar-refractivity contribution >= 4 is 17.3 Å². The molecule has 1 aliphatic carbocycles. The highest BCUT2D eigenvalue weighted by Gasteiger charge is 2.25. The maximum Gasteiger partial charge on any atom is 0.293 e. The molecule has 7 heteroatoms. The van der Waals surface area contributed by atoms with Gasteiger partial charge in [-0.3, -0.25) is 14.9 Å². The van der Waals surface area contributed by atoms with Crippen LogP contribution < -0.4 is 10.6 Å². The second-order valence-electron chi connectivity index (χ2n) is 6.10. The van der Waals surface area contributed by atoms with Gasteiger partial charge in [0.25, 0.3) is 11.6 Å². The Labute approximate surface area is 140 Å². The van der Waals surface area contributed by atoms with Crippen molar-refractivity contribution in [1.29, 1.82) is 0 Å². The number of nitro groups is 1. The summed E-state index contributed by atoms with van der Waals surface area (Å²) in [5.41, 5.74) is 2.00. The van der Waals surface area contributed by atoms with Gasteiger partial charge in [0, 0.05) is 24.2 Å². The quantitative estimate of drug-likeness (QED) is 0.455. The van der Waals surface area contributed by atoms with Crippen molar-refractivity contribution < 1.29 is 14.5 Å². The molecule has 2 N–H and O–H groups in total. The fourth-order valence-corrected chi connectivity index (χ4v) is 2.62. The van der Waals surface area contributed by atoms with E-state index in [0.29, 0.717) is 24.4 Å². The van der Waals surface area contributed by atoms with Crippen molar-refractivity contribution in [3.05, 3.63) is 45.5 Å². The Morgan fingerprint density at radius 1 is 1.38 bits per heavy atom. The third-order valence-electron chi connectivity index (χ3n) is 4.19. The van der Waals surface area contributed by atoms with E-state index < -0.39 is 4.92 Å². The minimum Gasteiger partial charge on any atom is -0.379 e. The first-order chi connectivity index (χ1) is 11.6. The molecule has 3 rings (SSSR count). The van der Waals surface area contributed by atoms with Gasteiger partial charge in [0.15, 0.2) is 0 Å². The van der Waals surface area contributed by atoms with Crippen LogP contribution in [0.5, 0.6) is 0 Å². The van der Waals surface area contributed by atoms with Crippen LogP contribution in [0.4, 0.5) is 11.4 Å². The van der Waals surface area contributed by atoms with Crippen LogP contribution in [-0.4, -0.2) is 36.6 Å². The van der Waals surface area contributed by atoms with Crippen LogP contribution in [0, 0.1) is 10.1 Å². The molecule has 0 aromatic heterocycles. The minimum atomic E-state index is -0.454. The molecular formula is C17H21N3O4. The van der Waals surface area contributed by atoms with Gasteiger partial charge in [-0.1, -0.05) is 11.6 Å². The summed E-state index contributed by atoms with van der Waals surface area (Å²) in [7, 11) is 0. The Kier molecular flexibility index (Phi) is 5.10. The molecule has 0 atom stereocenters. The summed E-state index contributed by atoms with van der Waals surface area (Å²) >= 11 is 0. The highest BCUT2D eigenvalue weighted by atomic mass is 16.6. The number of hydrogen-bond donors (Lipinski definition) is 2. The van der Waals surface area contributed by atoms with Gasteiger partial charge in [0.05, 0.1) is 18.1 Å². The Balaban J connectivity index is 1.64. The molecule has 7 nitrogen and oxygen atoms in total. The number of benzene rings is 1. The molecule has 0 saturated heterocycles. The molecule has 1 amide bonds. The number of nitrogens with zero attached hydrogens (tertiary/aromatic N) is 1. The summed E-state index contributed by atoms with van der Waals surface area (Å²) in [4.78, 5) is 22.9. The minimum absolute atomic E-state index is 0.0700. The highest BCUT2D eigenvalue weighted by molar-refractivity contribution is 5.96. The van der Waals surface area contributed by atoms with E-state index in [-0.39, 0.29) is 17.6 Å². The maximum atomic E-state index is 12.0. The van der Waals surface area contributed by atoms with Crippen LogP contribution in [0.15, 0.2) is 29.8 Å². The first kappa shape index (κ1) is 16.4. The van der Waals surface area contributed by atoms with Crippen molar-refractivity contribution in [3.63, 3.8) is 0 Å². The summed E-state index contributed by atoms with van der Waals surface area (Å²) in [6.45, 7) is 1.98. The van der Waals surface area contributed by atoms with Crippen molar-refractivity contribution in [2.75, 3.05) is 25.1 Å². The summed E-state index contributed by atoms with van der Waals surface area (Å²) < 4.78 is 5.26. The van der Waals surface area contributed by atoms with Crippen LogP contribution >= 0.6 is 0 Å². The Morgan fingerprint density at radius 3 is 2.88 bits per heavy atom. The van der Waals surface area contributed by atoms with Crippen LogP contribution in [-0.2, 0) is 4.74 Å². The first-order valence-corrected chi connectivity index (χ1v) is 8.22. The van der Waals surface area contributed by atoms with Crippen LogP contribution in [0.25, 0.3) is 0 Å². The zero-order valence-electron chi connectivity index (χ0n) is 13.4. The zero-order valence-corrected chi connectivity index (χ0v) is 13.4. The van der Waals surface area contributed by atoms with Crippen molar-refractivity contribution in [1.82, 2.24) is 5.32 Å². The lowest BCUT2D eigenvalue weighted by Crippen LogP contribution is -2.25. The van der Waals surface area contributed by atoms with Gasteiger partial charge >= 0.3 is 0 Å². The van der Waals surface area contributed by atoms with E-state index in [9.17, 15) is 14.9 Å². The number of amides is 1. The average Bonchev–Trinajstić information content (AvgIpc) is 3.40. The summed E-state index contributed by atoms with van der Waals surface area (Å²) in [6.07, 6.45) is 5.75. The zero-order chi connectivity index (χ0) is 16.9. The molecule has 1 heterocycles. The third kappa shape index (κ3) is 4.32. The SMILES string of the molecule is O=C(NC1CC1)c1ccc(NCCC2=CCOCC2)c([N+](=O)[O-])c1. The molecule has 0 bridgehead atoms.